The van der Waals surface area contributed by atoms with E-state index in [1.807, 2.05) is 0 Å². The number of fused-ring (bicyclic) bond motifs is 1. The molecule has 6 nitrogen and oxygen atoms in total. The third kappa shape index (κ3) is 3.42. The predicted octanol–water partition coefficient (Wildman–Crippen LogP) is 1.82. The van der Waals surface area contributed by atoms with Crippen molar-refractivity contribution in [3.63, 3.8) is 0 Å². The van der Waals surface area contributed by atoms with Gasteiger partial charge in [0.15, 0.2) is 0 Å². The molecule has 0 aliphatic rings. The summed E-state index contributed by atoms with van der Waals surface area (Å²) < 4.78 is 14.9. The van der Waals surface area contributed by atoms with Gasteiger partial charge in [-0.25, -0.2) is 4.39 Å². The lowest BCUT2D eigenvalue weighted by Crippen LogP contribution is -2.36. The van der Waals surface area contributed by atoms with E-state index in [-0.39, 0.29) is 18.3 Å². The monoisotopic (exact) mass is 355 g/mol. The first-order valence-corrected chi connectivity index (χ1v) is 8.29. The summed E-state index contributed by atoms with van der Waals surface area (Å²) in [5, 5.41) is 2.73. The Bertz CT molecular complexity index is 1090. The molecule has 7 heteroatoms. The van der Waals surface area contributed by atoms with Crippen LogP contribution in [0.25, 0.3) is 11.0 Å². The summed E-state index contributed by atoms with van der Waals surface area (Å²) in [7, 11) is 0. The van der Waals surface area contributed by atoms with Gasteiger partial charge in [0.25, 0.3) is 5.91 Å². The maximum Gasteiger partial charge on any atom is 0.316 e. The van der Waals surface area contributed by atoms with Crippen molar-refractivity contribution in [2.45, 2.75) is 19.9 Å². The van der Waals surface area contributed by atoms with Gasteiger partial charge in [0, 0.05) is 18.7 Å². The lowest BCUT2D eigenvalue weighted by Gasteiger charge is -2.09. The van der Waals surface area contributed by atoms with Crippen LogP contribution in [0.3, 0.4) is 0 Å². The summed E-state index contributed by atoms with van der Waals surface area (Å²) in [5.41, 5.74) is 0.502. The van der Waals surface area contributed by atoms with Crippen LogP contribution in [0, 0.1) is 5.82 Å². The van der Waals surface area contributed by atoms with Gasteiger partial charge < -0.3 is 14.9 Å². The molecule has 1 heterocycles. The fraction of sp³-hybridized carbons (Fsp3) is 0.211. The molecule has 0 bridgehead atoms. The van der Waals surface area contributed by atoms with Gasteiger partial charge in [0.2, 0.25) is 0 Å². The molecule has 0 aliphatic heterocycles. The highest BCUT2D eigenvalue weighted by molar-refractivity contribution is 5.97. The number of rotatable bonds is 5. The van der Waals surface area contributed by atoms with Crippen LogP contribution in [0.4, 0.5) is 4.39 Å². The molecule has 1 amide bonds. The maximum absolute atomic E-state index is 13.6. The Balaban J connectivity index is 1.79. The molecule has 0 radical (unpaired) electrons. The zero-order chi connectivity index (χ0) is 18.7. The van der Waals surface area contributed by atoms with Crippen LogP contribution < -0.4 is 16.4 Å². The minimum Gasteiger partial charge on any atom is -0.352 e. The molecular formula is C19H18FN3O3. The highest BCUT2D eigenvalue weighted by Crippen LogP contribution is 2.12. The first kappa shape index (κ1) is 17.6. The third-order valence-electron chi connectivity index (χ3n) is 4.19. The second-order valence-corrected chi connectivity index (χ2v) is 5.83. The summed E-state index contributed by atoms with van der Waals surface area (Å²) >= 11 is 0. The molecule has 0 spiro atoms. The summed E-state index contributed by atoms with van der Waals surface area (Å²) in [6, 6.07) is 11.2. The second-order valence-electron chi connectivity index (χ2n) is 5.83. The van der Waals surface area contributed by atoms with Crippen LogP contribution >= 0.6 is 0 Å². The highest BCUT2D eigenvalue weighted by Gasteiger charge is 2.11. The number of nitrogens with one attached hydrogen (secondary N) is 2. The van der Waals surface area contributed by atoms with E-state index in [4.69, 9.17) is 0 Å². The zero-order valence-electron chi connectivity index (χ0n) is 14.2. The van der Waals surface area contributed by atoms with Crippen molar-refractivity contribution < 1.29 is 9.18 Å². The molecule has 0 fully saturated rings. The molecule has 2 aromatic carbocycles. The van der Waals surface area contributed by atoms with Crippen LogP contribution in [0.15, 0.2) is 52.1 Å². The van der Waals surface area contributed by atoms with Gasteiger partial charge in [-0.05, 0) is 43.2 Å². The van der Waals surface area contributed by atoms with Gasteiger partial charge in [0.1, 0.15) is 5.82 Å². The summed E-state index contributed by atoms with van der Waals surface area (Å²) in [4.78, 5) is 38.4. The molecule has 0 unspecified atom stereocenters. The van der Waals surface area contributed by atoms with Gasteiger partial charge in [-0.1, -0.05) is 18.2 Å². The van der Waals surface area contributed by atoms with E-state index >= 15 is 0 Å². The standard InChI is InChI=1S/C19H18FN3O3/c1-2-23-16-8-7-13(11-15(16)22-18(25)19(23)26)17(24)21-10-9-12-5-3-4-6-14(12)20/h3-8,11H,2,9-10H2,1H3,(H,21,24)(H,22,25). The van der Waals surface area contributed by atoms with Gasteiger partial charge in [-0.3, -0.25) is 14.4 Å². The lowest BCUT2D eigenvalue weighted by atomic mass is 10.1. The maximum atomic E-state index is 13.6. The molecule has 0 saturated heterocycles. The molecule has 2 N–H and O–H groups in total. The fourth-order valence-electron chi connectivity index (χ4n) is 2.85. The first-order chi connectivity index (χ1) is 12.5. The summed E-state index contributed by atoms with van der Waals surface area (Å²) in [6.45, 7) is 2.40. The number of amides is 1. The molecule has 134 valence electrons. The van der Waals surface area contributed by atoms with Crippen molar-refractivity contribution in [1.29, 1.82) is 0 Å². The van der Waals surface area contributed by atoms with Crippen LogP contribution in [-0.2, 0) is 13.0 Å². The number of carbonyl (C=O) groups excluding carboxylic acids is 1. The molecule has 0 aliphatic carbocycles. The van der Waals surface area contributed by atoms with Crippen LogP contribution in [0.1, 0.15) is 22.8 Å². The molecular weight excluding hydrogens is 337 g/mol. The van der Waals surface area contributed by atoms with E-state index in [2.05, 4.69) is 10.3 Å². The normalized spacial score (nSPS) is 10.8. The molecule has 1 aromatic heterocycles. The van der Waals surface area contributed by atoms with Gasteiger partial charge in [-0.2, -0.15) is 0 Å². The number of halogens is 1. The Hall–Kier alpha value is -3.22. The van der Waals surface area contributed by atoms with Crippen LogP contribution in [-0.4, -0.2) is 22.0 Å². The average molecular weight is 355 g/mol. The van der Waals surface area contributed by atoms with Crippen molar-refractivity contribution in [2.75, 3.05) is 6.54 Å². The Labute approximate surface area is 148 Å². The van der Waals surface area contributed by atoms with Gasteiger partial charge in [0.05, 0.1) is 11.0 Å². The molecule has 3 aromatic rings. The Morgan fingerprint density at radius 2 is 1.96 bits per heavy atom. The van der Waals surface area contributed by atoms with E-state index in [0.717, 1.165) is 0 Å². The van der Waals surface area contributed by atoms with Crippen molar-refractivity contribution in [2.24, 2.45) is 0 Å². The SMILES string of the molecule is CCn1c(=O)c(=O)[nH]c2cc(C(=O)NCCc3ccccc3F)ccc21. The van der Waals surface area contributed by atoms with Crippen molar-refractivity contribution in [3.05, 3.63) is 80.1 Å². The predicted molar refractivity (Wildman–Crippen MR) is 96.9 cm³/mol. The van der Waals surface area contributed by atoms with Crippen LogP contribution in [0.5, 0.6) is 0 Å². The Morgan fingerprint density at radius 1 is 1.19 bits per heavy atom. The van der Waals surface area contributed by atoms with E-state index in [9.17, 15) is 18.8 Å². The molecule has 26 heavy (non-hydrogen) atoms. The second kappa shape index (κ2) is 7.35. The Kier molecular flexibility index (Phi) is 4.97. The number of aryl methyl sites for hydroxylation is 1. The van der Waals surface area contributed by atoms with Crippen molar-refractivity contribution >= 4 is 16.9 Å². The number of benzene rings is 2. The summed E-state index contributed by atoms with van der Waals surface area (Å²) in [5.74, 6) is -0.638. The van der Waals surface area contributed by atoms with Crippen LogP contribution in [0.2, 0.25) is 0 Å². The smallest absolute Gasteiger partial charge is 0.316 e. The molecule has 3 rings (SSSR count). The van der Waals surface area contributed by atoms with E-state index in [0.29, 0.717) is 35.1 Å². The van der Waals surface area contributed by atoms with Crippen molar-refractivity contribution in [3.8, 4) is 0 Å². The lowest BCUT2D eigenvalue weighted by molar-refractivity contribution is 0.0954. The van der Waals surface area contributed by atoms with Gasteiger partial charge >= 0.3 is 11.1 Å². The van der Waals surface area contributed by atoms with E-state index in [1.54, 1.807) is 37.3 Å². The van der Waals surface area contributed by atoms with E-state index < -0.39 is 11.1 Å². The van der Waals surface area contributed by atoms with Gasteiger partial charge in [-0.15, -0.1) is 0 Å². The van der Waals surface area contributed by atoms with Crippen molar-refractivity contribution in [1.82, 2.24) is 14.9 Å². The number of hydrogen-bond acceptors (Lipinski definition) is 3. The largest absolute Gasteiger partial charge is 0.352 e. The number of nitrogens with zero attached hydrogens (tertiary/aromatic N) is 1. The minimum atomic E-state index is -0.725. The number of H-pyrrole nitrogens is 1. The van der Waals surface area contributed by atoms with E-state index in [1.165, 1.54) is 16.7 Å². The fourth-order valence-corrected chi connectivity index (χ4v) is 2.85. The number of hydrogen-bond donors (Lipinski definition) is 2. The molecule has 0 atom stereocenters. The minimum absolute atomic E-state index is 0.281. The Morgan fingerprint density at radius 3 is 2.69 bits per heavy atom. The topological polar surface area (TPSA) is 84.0 Å². The summed E-state index contributed by atoms with van der Waals surface area (Å²) in [6.07, 6.45) is 0.373. The number of carbonyl (C=O) groups is 1. The average Bonchev–Trinajstić information content (AvgIpc) is 2.64. The highest BCUT2D eigenvalue weighted by atomic mass is 19.1. The zero-order valence-corrected chi connectivity index (χ0v) is 14.2. The number of aromatic nitrogens is 2. The number of aromatic amines is 1. The molecule has 0 saturated carbocycles. The quantitative estimate of drug-likeness (QED) is 0.685. The third-order valence-corrected chi connectivity index (χ3v) is 4.19. The first-order valence-electron chi connectivity index (χ1n) is 8.29.